The number of hydrogen-bond donors (Lipinski definition) is 2. The molecule has 0 bridgehead atoms. The number of amides is 2. The zero-order valence-corrected chi connectivity index (χ0v) is 13.4. The molecule has 0 radical (unpaired) electrons. The summed E-state index contributed by atoms with van der Waals surface area (Å²) in [6.07, 6.45) is 2.05. The molecule has 6 heteroatoms. The van der Waals surface area contributed by atoms with Crippen molar-refractivity contribution in [1.29, 1.82) is 0 Å². The molecule has 0 aliphatic rings. The van der Waals surface area contributed by atoms with Gasteiger partial charge in [0.1, 0.15) is 5.82 Å². The van der Waals surface area contributed by atoms with Gasteiger partial charge < -0.3 is 10.6 Å². The van der Waals surface area contributed by atoms with Crippen LogP contribution in [0.5, 0.6) is 0 Å². The zero-order chi connectivity index (χ0) is 15.9. The molecular weight excluding hydrogens is 278 g/mol. The number of benzene rings is 1. The van der Waals surface area contributed by atoms with Crippen LogP contribution in [0.15, 0.2) is 24.3 Å². The second-order valence-corrected chi connectivity index (χ2v) is 5.11. The fourth-order valence-electron chi connectivity index (χ4n) is 2.15. The number of hydrogen-bond acceptors (Lipinski definition) is 3. The number of unbranched alkanes of at least 4 members (excludes halogenated alkanes) is 1. The summed E-state index contributed by atoms with van der Waals surface area (Å²) in [7, 11) is 0. The van der Waals surface area contributed by atoms with Gasteiger partial charge in [0.25, 0.3) is 0 Å². The van der Waals surface area contributed by atoms with Crippen molar-refractivity contribution in [2.45, 2.75) is 40.2 Å². The molecule has 2 amide bonds. The number of nitrogens with one attached hydrogen (secondary N) is 2. The lowest BCUT2D eigenvalue weighted by Gasteiger charge is -2.08. The Morgan fingerprint density at radius 3 is 2.59 bits per heavy atom. The van der Waals surface area contributed by atoms with Crippen LogP contribution in [0.3, 0.4) is 0 Å². The lowest BCUT2D eigenvalue weighted by atomic mass is 10.2. The van der Waals surface area contributed by atoms with Crippen LogP contribution in [0, 0.1) is 6.92 Å². The average molecular weight is 301 g/mol. The molecule has 0 fully saturated rings. The van der Waals surface area contributed by atoms with Crippen molar-refractivity contribution in [3.05, 3.63) is 30.1 Å². The first-order chi connectivity index (χ1) is 10.6. The third-order valence-electron chi connectivity index (χ3n) is 3.29. The van der Waals surface area contributed by atoms with Gasteiger partial charge in [-0.1, -0.05) is 13.3 Å². The number of carbonyl (C=O) groups excluding carboxylic acids is 1. The van der Waals surface area contributed by atoms with E-state index in [0.29, 0.717) is 6.54 Å². The Hall–Kier alpha value is -2.37. The topological polar surface area (TPSA) is 71.8 Å². The minimum atomic E-state index is -0.172. The maximum Gasteiger partial charge on any atom is 0.319 e. The van der Waals surface area contributed by atoms with Gasteiger partial charge in [-0.3, -0.25) is 0 Å². The van der Waals surface area contributed by atoms with E-state index in [1.165, 1.54) is 0 Å². The van der Waals surface area contributed by atoms with Crippen LogP contribution in [0.25, 0.3) is 11.4 Å². The second-order valence-electron chi connectivity index (χ2n) is 5.11. The van der Waals surface area contributed by atoms with Crippen LogP contribution in [-0.2, 0) is 6.54 Å². The molecule has 1 aromatic carbocycles. The predicted molar refractivity (Wildman–Crippen MR) is 87.8 cm³/mol. The fraction of sp³-hybridized carbons (Fsp3) is 0.438. The highest BCUT2D eigenvalue weighted by molar-refractivity contribution is 5.89. The molecule has 118 valence electrons. The fourth-order valence-corrected chi connectivity index (χ4v) is 2.15. The molecule has 22 heavy (non-hydrogen) atoms. The summed E-state index contributed by atoms with van der Waals surface area (Å²) in [5.41, 5.74) is 1.75. The van der Waals surface area contributed by atoms with E-state index < -0.39 is 0 Å². The highest BCUT2D eigenvalue weighted by atomic mass is 16.2. The van der Waals surface area contributed by atoms with Crippen molar-refractivity contribution in [3.63, 3.8) is 0 Å². The van der Waals surface area contributed by atoms with E-state index >= 15 is 0 Å². The number of urea groups is 1. The van der Waals surface area contributed by atoms with Crippen molar-refractivity contribution in [3.8, 4) is 11.4 Å². The highest BCUT2D eigenvalue weighted by Crippen LogP contribution is 2.20. The van der Waals surface area contributed by atoms with Gasteiger partial charge in [0.05, 0.1) is 0 Å². The van der Waals surface area contributed by atoms with Gasteiger partial charge in [0.2, 0.25) is 0 Å². The number of anilines is 1. The zero-order valence-electron chi connectivity index (χ0n) is 13.4. The number of rotatable bonds is 6. The quantitative estimate of drug-likeness (QED) is 0.805. The highest BCUT2D eigenvalue weighted by Gasteiger charge is 2.09. The summed E-state index contributed by atoms with van der Waals surface area (Å²) in [6, 6.07) is 7.46. The SMILES string of the molecule is CCCCNC(=O)Nc1ccc(-c2nc(C)nn2CC)cc1. The van der Waals surface area contributed by atoms with Crippen molar-refractivity contribution in [2.24, 2.45) is 0 Å². The van der Waals surface area contributed by atoms with Crippen LogP contribution in [0.2, 0.25) is 0 Å². The Labute approximate surface area is 130 Å². The molecule has 1 heterocycles. The van der Waals surface area contributed by atoms with Crippen LogP contribution < -0.4 is 10.6 Å². The Balaban J connectivity index is 2.02. The molecule has 0 aliphatic heterocycles. The maximum absolute atomic E-state index is 11.7. The number of nitrogens with zero attached hydrogens (tertiary/aromatic N) is 3. The first-order valence-corrected chi connectivity index (χ1v) is 7.70. The van der Waals surface area contributed by atoms with Gasteiger partial charge in [0.15, 0.2) is 5.82 Å². The van der Waals surface area contributed by atoms with Gasteiger partial charge in [-0.05, 0) is 44.5 Å². The minimum Gasteiger partial charge on any atom is -0.338 e. The summed E-state index contributed by atoms with van der Waals surface area (Å²) in [4.78, 5) is 16.1. The number of carbonyl (C=O) groups is 1. The molecule has 0 spiro atoms. The van der Waals surface area contributed by atoms with Gasteiger partial charge in [-0.25, -0.2) is 14.5 Å². The molecule has 2 aromatic rings. The maximum atomic E-state index is 11.7. The predicted octanol–water partition coefficient (Wildman–Crippen LogP) is 3.20. The van der Waals surface area contributed by atoms with Crippen molar-refractivity contribution < 1.29 is 4.79 Å². The van der Waals surface area contributed by atoms with E-state index in [4.69, 9.17) is 0 Å². The third-order valence-corrected chi connectivity index (χ3v) is 3.29. The van der Waals surface area contributed by atoms with Crippen molar-refractivity contribution in [2.75, 3.05) is 11.9 Å². The van der Waals surface area contributed by atoms with Gasteiger partial charge >= 0.3 is 6.03 Å². The van der Waals surface area contributed by atoms with Crippen LogP contribution in [0.1, 0.15) is 32.5 Å². The molecule has 0 saturated carbocycles. The summed E-state index contributed by atoms with van der Waals surface area (Å²) in [5.74, 6) is 1.60. The minimum absolute atomic E-state index is 0.172. The lowest BCUT2D eigenvalue weighted by molar-refractivity contribution is 0.252. The molecule has 2 rings (SSSR count). The van der Waals surface area contributed by atoms with Crippen molar-refractivity contribution >= 4 is 11.7 Å². The summed E-state index contributed by atoms with van der Waals surface area (Å²) >= 11 is 0. The smallest absolute Gasteiger partial charge is 0.319 e. The number of aromatic nitrogens is 3. The monoisotopic (exact) mass is 301 g/mol. The summed E-state index contributed by atoms with van der Waals surface area (Å²) in [5, 5.41) is 9.99. The molecule has 0 unspecified atom stereocenters. The van der Waals surface area contributed by atoms with Crippen LogP contribution in [-0.4, -0.2) is 27.3 Å². The van der Waals surface area contributed by atoms with Gasteiger partial charge in [0, 0.05) is 24.3 Å². The van der Waals surface area contributed by atoms with Gasteiger partial charge in [-0.15, -0.1) is 0 Å². The molecule has 0 aliphatic carbocycles. The molecule has 1 aromatic heterocycles. The third kappa shape index (κ3) is 4.07. The van der Waals surface area contributed by atoms with E-state index in [0.717, 1.165) is 42.3 Å². The summed E-state index contributed by atoms with van der Waals surface area (Å²) in [6.45, 7) is 7.48. The molecule has 0 saturated heterocycles. The van der Waals surface area contributed by atoms with Crippen LogP contribution >= 0.6 is 0 Å². The first kappa shape index (κ1) is 16.0. The molecule has 6 nitrogen and oxygen atoms in total. The second kappa shape index (κ2) is 7.59. The van der Waals surface area contributed by atoms with E-state index in [1.54, 1.807) is 0 Å². The number of aryl methyl sites for hydroxylation is 2. The average Bonchev–Trinajstić information content (AvgIpc) is 2.89. The van der Waals surface area contributed by atoms with E-state index in [1.807, 2.05) is 42.8 Å². The molecule has 2 N–H and O–H groups in total. The first-order valence-electron chi connectivity index (χ1n) is 7.70. The molecule has 0 atom stereocenters. The molecular formula is C16H23N5O. The Bertz CT molecular complexity index is 618. The van der Waals surface area contributed by atoms with Gasteiger partial charge in [-0.2, -0.15) is 5.10 Å². The lowest BCUT2D eigenvalue weighted by Crippen LogP contribution is -2.29. The Kier molecular flexibility index (Phi) is 5.52. The van der Waals surface area contributed by atoms with E-state index in [-0.39, 0.29) is 6.03 Å². The largest absolute Gasteiger partial charge is 0.338 e. The van der Waals surface area contributed by atoms with Crippen LogP contribution in [0.4, 0.5) is 10.5 Å². The van der Waals surface area contributed by atoms with E-state index in [9.17, 15) is 4.79 Å². The van der Waals surface area contributed by atoms with Crippen molar-refractivity contribution in [1.82, 2.24) is 20.1 Å². The Morgan fingerprint density at radius 1 is 1.23 bits per heavy atom. The van der Waals surface area contributed by atoms with E-state index in [2.05, 4.69) is 27.6 Å². The Morgan fingerprint density at radius 2 is 1.95 bits per heavy atom. The standard InChI is InChI=1S/C16H23N5O/c1-4-6-11-17-16(22)19-14-9-7-13(8-10-14)15-18-12(3)20-21(15)5-2/h7-10H,4-6,11H2,1-3H3,(H2,17,19,22). The normalized spacial score (nSPS) is 10.5. The summed E-state index contributed by atoms with van der Waals surface area (Å²) < 4.78 is 1.87.